The Kier molecular flexibility index (Phi) is 11.5. The van der Waals surface area contributed by atoms with Crippen molar-refractivity contribution in [1.82, 2.24) is 4.90 Å². The van der Waals surface area contributed by atoms with E-state index in [1.165, 1.54) is 12.8 Å². The third kappa shape index (κ3) is 10.4. The molecule has 100 valence electrons. The summed E-state index contributed by atoms with van der Waals surface area (Å²) in [6.45, 7) is 17.2. The quantitative estimate of drug-likeness (QED) is 0.786. The number of hydrogen-bond acceptors (Lipinski definition) is 2. The second-order valence-electron chi connectivity index (χ2n) is 4.77. The van der Waals surface area contributed by atoms with Gasteiger partial charge in [0.05, 0.1) is 5.60 Å². The lowest BCUT2D eigenvalue weighted by atomic mass is 9.98. The summed E-state index contributed by atoms with van der Waals surface area (Å²) >= 11 is 0. The van der Waals surface area contributed by atoms with Crippen LogP contribution < -0.4 is 0 Å². The van der Waals surface area contributed by atoms with E-state index < -0.39 is 5.60 Å². The monoisotopic (exact) mass is 231 g/mol. The fourth-order valence-electron chi connectivity index (χ4n) is 1.77. The van der Waals surface area contributed by atoms with Gasteiger partial charge in [-0.25, -0.2) is 0 Å². The smallest absolute Gasteiger partial charge is 0.0718 e. The van der Waals surface area contributed by atoms with Crippen LogP contribution in [0.2, 0.25) is 0 Å². The van der Waals surface area contributed by atoms with E-state index in [9.17, 15) is 5.11 Å². The first-order valence-corrected chi connectivity index (χ1v) is 6.92. The second kappa shape index (κ2) is 10.1. The molecule has 2 heteroatoms. The molecule has 0 atom stereocenters. The Morgan fingerprint density at radius 3 is 1.75 bits per heavy atom. The lowest BCUT2D eigenvalue weighted by Crippen LogP contribution is -2.42. The number of aliphatic hydroxyl groups is 1. The van der Waals surface area contributed by atoms with Gasteiger partial charge in [-0.15, -0.1) is 0 Å². The number of hydrogen-bond donors (Lipinski definition) is 1. The molecular weight excluding hydrogens is 198 g/mol. The van der Waals surface area contributed by atoms with Gasteiger partial charge in [-0.1, -0.05) is 34.6 Å². The molecule has 1 N–H and O–H groups in total. The summed E-state index contributed by atoms with van der Waals surface area (Å²) in [5, 5.41) is 9.59. The molecule has 0 aromatic heterocycles. The minimum atomic E-state index is -0.527. The van der Waals surface area contributed by atoms with Gasteiger partial charge in [-0.2, -0.15) is 0 Å². The predicted molar refractivity (Wildman–Crippen MR) is 73.8 cm³/mol. The van der Waals surface area contributed by atoms with E-state index in [1.807, 2.05) is 41.5 Å². The first kappa shape index (κ1) is 18.3. The van der Waals surface area contributed by atoms with Crippen molar-refractivity contribution in [3.8, 4) is 0 Å². The van der Waals surface area contributed by atoms with E-state index >= 15 is 0 Å². The van der Waals surface area contributed by atoms with E-state index in [2.05, 4.69) is 11.8 Å². The third-order valence-corrected chi connectivity index (χ3v) is 2.49. The van der Waals surface area contributed by atoms with Gasteiger partial charge < -0.3 is 10.0 Å². The van der Waals surface area contributed by atoms with Gasteiger partial charge in [0.15, 0.2) is 0 Å². The fourth-order valence-corrected chi connectivity index (χ4v) is 1.77. The van der Waals surface area contributed by atoms with Crippen molar-refractivity contribution in [2.75, 3.05) is 19.6 Å². The molecule has 1 heterocycles. The maximum absolute atomic E-state index is 9.59. The van der Waals surface area contributed by atoms with Crippen LogP contribution in [0.15, 0.2) is 0 Å². The van der Waals surface area contributed by atoms with Crippen LogP contribution in [0.1, 0.15) is 61.3 Å². The zero-order chi connectivity index (χ0) is 13.2. The van der Waals surface area contributed by atoms with Crippen molar-refractivity contribution < 1.29 is 5.11 Å². The van der Waals surface area contributed by atoms with Crippen molar-refractivity contribution in [3.63, 3.8) is 0 Å². The zero-order valence-electron chi connectivity index (χ0n) is 12.5. The van der Waals surface area contributed by atoms with Crippen LogP contribution in [0.4, 0.5) is 0 Å². The molecule has 0 spiro atoms. The summed E-state index contributed by atoms with van der Waals surface area (Å²) in [5.74, 6) is 0.878. The van der Waals surface area contributed by atoms with E-state index in [-0.39, 0.29) is 0 Å². The molecule has 2 nitrogen and oxygen atoms in total. The lowest BCUT2D eigenvalue weighted by molar-refractivity contribution is 0.0255. The molecule has 1 aliphatic rings. The zero-order valence-corrected chi connectivity index (χ0v) is 12.5. The van der Waals surface area contributed by atoms with Crippen molar-refractivity contribution in [1.29, 1.82) is 0 Å². The number of rotatable bonds is 2. The number of likely N-dealkylation sites (tertiary alicyclic amines) is 1. The normalized spacial score (nSPS) is 18.0. The molecule has 0 unspecified atom stereocenters. The van der Waals surface area contributed by atoms with Gasteiger partial charge >= 0.3 is 0 Å². The van der Waals surface area contributed by atoms with Crippen molar-refractivity contribution >= 4 is 0 Å². The average Bonchev–Trinajstić information content (AvgIpc) is 2.25. The maximum Gasteiger partial charge on any atom is 0.0718 e. The molecule has 0 aliphatic carbocycles. The standard InChI is InChI=1S/C10H21NO.2C2H6/c1-9-4-6-11(7-5-9)8-10(2,3)12;2*1-2/h9,12H,4-8H2,1-3H3;2*1-2H3. The summed E-state index contributed by atoms with van der Waals surface area (Å²) in [6.07, 6.45) is 2.58. The topological polar surface area (TPSA) is 23.5 Å². The Balaban J connectivity index is 0. The van der Waals surface area contributed by atoms with Crippen molar-refractivity contribution in [3.05, 3.63) is 0 Å². The Morgan fingerprint density at radius 2 is 1.44 bits per heavy atom. The van der Waals surface area contributed by atoms with Gasteiger partial charge in [0.2, 0.25) is 0 Å². The SMILES string of the molecule is CC.CC.CC1CCN(CC(C)(C)O)CC1. The summed E-state index contributed by atoms with van der Waals surface area (Å²) in [4.78, 5) is 2.36. The Bertz CT molecular complexity index is 132. The van der Waals surface area contributed by atoms with Gasteiger partial charge in [-0.3, -0.25) is 0 Å². The average molecular weight is 231 g/mol. The van der Waals surface area contributed by atoms with Crippen LogP contribution >= 0.6 is 0 Å². The molecule has 0 radical (unpaired) electrons. The largest absolute Gasteiger partial charge is 0.389 e. The Hall–Kier alpha value is -0.0800. The van der Waals surface area contributed by atoms with E-state index in [4.69, 9.17) is 0 Å². The van der Waals surface area contributed by atoms with Crippen LogP contribution in [-0.4, -0.2) is 35.2 Å². The molecule has 0 aromatic carbocycles. The minimum absolute atomic E-state index is 0.527. The molecule has 1 aliphatic heterocycles. The van der Waals surface area contributed by atoms with Gasteiger partial charge in [0.1, 0.15) is 0 Å². The fraction of sp³-hybridized carbons (Fsp3) is 1.00. The van der Waals surface area contributed by atoms with Gasteiger partial charge in [0, 0.05) is 6.54 Å². The molecule has 0 amide bonds. The Morgan fingerprint density at radius 1 is 1.06 bits per heavy atom. The van der Waals surface area contributed by atoms with Crippen LogP contribution in [-0.2, 0) is 0 Å². The molecule has 1 saturated heterocycles. The highest BCUT2D eigenvalue weighted by Crippen LogP contribution is 2.17. The third-order valence-electron chi connectivity index (χ3n) is 2.49. The molecule has 1 rings (SSSR count). The van der Waals surface area contributed by atoms with Crippen molar-refractivity contribution in [2.24, 2.45) is 5.92 Å². The van der Waals surface area contributed by atoms with Crippen LogP contribution in [0.5, 0.6) is 0 Å². The van der Waals surface area contributed by atoms with Gasteiger partial charge in [0.25, 0.3) is 0 Å². The maximum atomic E-state index is 9.59. The van der Waals surface area contributed by atoms with E-state index in [0.29, 0.717) is 0 Å². The first-order chi connectivity index (χ1) is 7.47. The number of nitrogens with zero attached hydrogens (tertiary/aromatic N) is 1. The Labute approximate surface area is 103 Å². The van der Waals surface area contributed by atoms with E-state index in [0.717, 1.165) is 25.6 Å². The number of β-amino-alcohol motifs (C(OH)–C–C–N with tert-alkyl or cyclic N) is 1. The predicted octanol–water partition coefficient (Wildman–Crippen LogP) is 3.54. The van der Waals surface area contributed by atoms with Crippen molar-refractivity contribution in [2.45, 2.75) is 66.9 Å². The van der Waals surface area contributed by atoms with Crippen LogP contribution in [0.25, 0.3) is 0 Å². The molecule has 16 heavy (non-hydrogen) atoms. The lowest BCUT2D eigenvalue weighted by Gasteiger charge is -2.34. The molecule has 0 aromatic rings. The summed E-state index contributed by atoms with van der Waals surface area (Å²) in [5.41, 5.74) is -0.527. The minimum Gasteiger partial charge on any atom is -0.389 e. The summed E-state index contributed by atoms with van der Waals surface area (Å²) in [6, 6.07) is 0. The first-order valence-electron chi connectivity index (χ1n) is 6.92. The highest BCUT2D eigenvalue weighted by atomic mass is 16.3. The molecule has 0 saturated carbocycles. The van der Waals surface area contributed by atoms with E-state index in [1.54, 1.807) is 0 Å². The highest BCUT2D eigenvalue weighted by molar-refractivity contribution is 4.76. The van der Waals surface area contributed by atoms with Crippen LogP contribution in [0, 0.1) is 5.92 Å². The number of piperidine rings is 1. The molecule has 1 fully saturated rings. The summed E-state index contributed by atoms with van der Waals surface area (Å²) in [7, 11) is 0. The summed E-state index contributed by atoms with van der Waals surface area (Å²) < 4.78 is 0. The molecular formula is C14H33NO. The van der Waals surface area contributed by atoms with Crippen LogP contribution in [0.3, 0.4) is 0 Å². The molecule has 0 bridgehead atoms. The van der Waals surface area contributed by atoms with Gasteiger partial charge in [-0.05, 0) is 45.7 Å². The second-order valence-corrected chi connectivity index (χ2v) is 4.77. The highest BCUT2D eigenvalue weighted by Gasteiger charge is 2.21.